The van der Waals surface area contributed by atoms with E-state index in [0.717, 1.165) is 5.69 Å². The number of carbonyl (C=O) groups excluding carboxylic acids is 1. The Morgan fingerprint density at radius 3 is 2.83 bits per heavy atom. The lowest BCUT2D eigenvalue weighted by Crippen LogP contribution is -2.42. The average Bonchev–Trinajstić information content (AvgIpc) is 3.14. The fourth-order valence-electron chi connectivity index (χ4n) is 2.98. The van der Waals surface area contributed by atoms with Gasteiger partial charge in [0.25, 0.3) is 0 Å². The van der Waals surface area contributed by atoms with Crippen LogP contribution < -0.4 is 5.32 Å². The van der Waals surface area contributed by atoms with E-state index in [1.165, 1.54) is 15.3 Å². The lowest BCUT2D eigenvalue weighted by molar-refractivity contribution is -0.136. The molecule has 0 aliphatic carbocycles. The molecule has 1 aliphatic heterocycles. The summed E-state index contributed by atoms with van der Waals surface area (Å²) in [4.78, 5) is 16.7. The van der Waals surface area contributed by atoms with Gasteiger partial charge < -0.3 is 15.0 Å². The summed E-state index contributed by atoms with van der Waals surface area (Å²) in [5, 5.41) is 7.77. The van der Waals surface area contributed by atoms with Crippen molar-refractivity contribution in [3.63, 3.8) is 0 Å². The van der Waals surface area contributed by atoms with E-state index in [1.54, 1.807) is 10.9 Å². The molecule has 3 rings (SSSR count). The number of aryl methyl sites for hydroxylation is 2. The first-order valence-electron chi connectivity index (χ1n) is 8.24. The molecular formula is C17H24N4O2S. The van der Waals surface area contributed by atoms with Crippen LogP contribution in [0.25, 0.3) is 0 Å². The van der Waals surface area contributed by atoms with E-state index in [1.807, 2.05) is 22.4 Å². The second-order valence-corrected chi connectivity index (χ2v) is 7.61. The molecule has 1 saturated heterocycles. The Labute approximate surface area is 146 Å². The van der Waals surface area contributed by atoms with Gasteiger partial charge in [0.05, 0.1) is 25.1 Å². The predicted octanol–water partition coefficient (Wildman–Crippen LogP) is 2.59. The van der Waals surface area contributed by atoms with Crippen molar-refractivity contribution < 1.29 is 9.53 Å². The number of nitrogens with one attached hydrogen (secondary N) is 1. The number of nitrogens with zero attached hydrogens (tertiary/aromatic N) is 3. The van der Waals surface area contributed by atoms with Gasteiger partial charge in [0.2, 0.25) is 5.91 Å². The summed E-state index contributed by atoms with van der Waals surface area (Å²) in [5.74, 6) is 0.0882. The molecule has 0 radical (unpaired) electrons. The van der Waals surface area contributed by atoms with Crippen molar-refractivity contribution in [1.29, 1.82) is 0 Å². The van der Waals surface area contributed by atoms with Crippen molar-refractivity contribution in [2.24, 2.45) is 0 Å². The molecule has 24 heavy (non-hydrogen) atoms. The minimum Gasteiger partial charge on any atom is -0.378 e. The van der Waals surface area contributed by atoms with Gasteiger partial charge in [-0.3, -0.25) is 9.48 Å². The molecule has 1 aliphatic rings. The first-order chi connectivity index (χ1) is 11.5. The molecule has 1 unspecified atom stereocenters. The van der Waals surface area contributed by atoms with Crippen LogP contribution in [0.15, 0.2) is 18.5 Å². The number of thiophene rings is 1. The SMILES string of the molecule is Cc1cc(C(C)Nc2cnn(CC(=O)N3CCOCC3)c2)c(C)s1. The lowest BCUT2D eigenvalue weighted by Gasteiger charge is -2.26. The summed E-state index contributed by atoms with van der Waals surface area (Å²) in [7, 11) is 0. The molecule has 1 fully saturated rings. The first-order valence-corrected chi connectivity index (χ1v) is 9.06. The Kier molecular flexibility index (Phi) is 5.20. The highest BCUT2D eigenvalue weighted by Crippen LogP contribution is 2.28. The molecular weight excluding hydrogens is 324 g/mol. The van der Waals surface area contributed by atoms with Gasteiger partial charge in [0.1, 0.15) is 6.54 Å². The van der Waals surface area contributed by atoms with E-state index in [0.29, 0.717) is 26.3 Å². The maximum Gasteiger partial charge on any atom is 0.244 e. The quantitative estimate of drug-likeness (QED) is 0.902. The zero-order valence-corrected chi connectivity index (χ0v) is 15.2. The predicted molar refractivity (Wildman–Crippen MR) is 95.5 cm³/mol. The highest BCUT2D eigenvalue weighted by molar-refractivity contribution is 7.12. The van der Waals surface area contributed by atoms with E-state index in [4.69, 9.17) is 4.74 Å². The normalized spacial score (nSPS) is 16.2. The summed E-state index contributed by atoms with van der Waals surface area (Å²) in [6.07, 6.45) is 3.67. The van der Waals surface area contributed by atoms with Crippen LogP contribution in [-0.2, 0) is 16.1 Å². The largest absolute Gasteiger partial charge is 0.378 e. The molecule has 2 aromatic rings. The molecule has 0 aromatic carbocycles. The number of morpholine rings is 1. The number of amides is 1. The summed E-state index contributed by atoms with van der Waals surface area (Å²) < 4.78 is 6.97. The maximum atomic E-state index is 12.3. The molecule has 2 aromatic heterocycles. The molecule has 0 spiro atoms. The minimum atomic E-state index is 0.0882. The number of ether oxygens (including phenoxy) is 1. The maximum absolute atomic E-state index is 12.3. The first kappa shape index (κ1) is 17.0. The monoisotopic (exact) mass is 348 g/mol. The average molecular weight is 348 g/mol. The Bertz CT molecular complexity index is 703. The molecule has 1 atom stereocenters. The highest BCUT2D eigenvalue weighted by atomic mass is 32.1. The van der Waals surface area contributed by atoms with Crippen molar-refractivity contribution in [1.82, 2.24) is 14.7 Å². The van der Waals surface area contributed by atoms with Gasteiger partial charge in [-0.05, 0) is 32.4 Å². The van der Waals surface area contributed by atoms with Crippen molar-refractivity contribution in [2.45, 2.75) is 33.4 Å². The van der Waals surface area contributed by atoms with Gasteiger partial charge in [-0.25, -0.2) is 0 Å². The number of anilines is 1. The van der Waals surface area contributed by atoms with Crippen LogP contribution in [0.2, 0.25) is 0 Å². The molecule has 130 valence electrons. The topological polar surface area (TPSA) is 59.4 Å². The van der Waals surface area contributed by atoms with Crippen LogP contribution in [0.1, 0.15) is 28.3 Å². The van der Waals surface area contributed by atoms with Gasteiger partial charge in [-0.1, -0.05) is 0 Å². The second kappa shape index (κ2) is 7.36. The summed E-state index contributed by atoms with van der Waals surface area (Å²) in [6.45, 7) is 9.26. The van der Waals surface area contributed by atoms with Crippen molar-refractivity contribution >= 4 is 22.9 Å². The van der Waals surface area contributed by atoms with Crippen LogP contribution in [0, 0.1) is 13.8 Å². The summed E-state index contributed by atoms with van der Waals surface area (Å²) in [5.41, 5.74) is 2.25. The third-order valence-corrected chi connectivity index (χ3v) is 5.21. The van der Waals surface area contributed by atoms with Gasteiger partial charge in [-0.15, -0.1) is 11.3 Å². The molecule has 0 bridgehead atoms. The molecule has 1 N–H and O–H groups in total. The third kappa shape index (κ3) is 3.96. The summed E-state index contributed by atoms with van der Waals surface area (Å²) in [6, 6.07) is 2.44. The second-order valence-electron chi connectivity index (χ2n) is 6.15. The van der Waals surface area contributed by atoms with Crippen LogP contribution in [0.3, 0.4) is 0 Å². The van der Waals surface area contributed by atoms with Crippen LogP contribution in [-0.4, -0.2) is 46.9 Å². The Balaban J connectivity index is 1.59. The Morgan fingerprint density at radius 2 is 2.17 bits per heavy atom. The number of hydrogen-bond donors (Lipinski definition) is 1. The number of hydrogen-bond acceptors (Lipinski definition) is 5. The van der Waals surface area contributed by atoms with Crippen LogP contribution in [0.5, 0.6) is 0 Å². The van der Waals surface area contributed by atoms with E-state index in [-0.39, 0.29) is 18.5 Å². The fraction of sp³-hybridized carbons (Fsp3) is 0.529. The standard InChI is InChI=1S/C17H24N4O2S/c1-12-8-16(14(3)24-12)13(2)19-15-9-18-21(10-15)11-17(22)20-4-6-23-7-5-20/h8-10,13,19H,4-7,11H2,1-3H3. The number of carbonyl (C=O) groups is 1. The molecule has 7 heteroatoms. The van der Waals surface area contributed by atoms with Crippen molar-refractivity contribution in [3.8, 4) is 0 Å². The van der Waals surface area contributed by atoms with Gasteiger partial charge in [0.15, 0.2) is 0 Å². The van der Waals surface area contributed by atoms with Crippen LogP contribution >= 0.6 is 11.3 Å². The number of aromatic nitrogens is 2. The van der Waals surface area contributed by atoms with Gasteiger partial charge in [0, 0.05) is 35.1 Å². The smallest absolute Gasteiger partial charge is 0.244 e. The van der Waals surface area contributed by atoms with Gasteiger partial charge >= 0.3 is 0 Å². The molecule has 1 amide bonds. The van der Waals surface area contributed by atoms with E-state index >= 15 is 0 Å². The van der Waals surface area contributed by atoms with Crippen molar-refractivity contribution in [2.75, 3.05) is 31.6 Å². The fourth-order valence-corrected chi connectivity index (χ4v) is 4.01. The number of rotatable bonds is 5. The van der Waals surface area contributed by atoms with E-state index in [2.05, 4.69) is 37.3 Å². The highest BCUT2D eigenvalue weighted by Gasteiger charge is 2.18. The third-order valence-electron chi connectivity index (χ3n) is 4.22. The van der Waals surface area contributed by atoms with Crippen molar-refractivity contribution in [3.05, 3.63) is 33.8 Å². The van der Waals surface area contributed by atoms with Crippen LogP contribution in [0.4, 0.5) is 5.69 Å². The minimum absolute atomic E-state index is 0.0882. The zero-order chi connectivity index (χ0) is 17.1. The van der Waals surface area contributed by atoms with E-state index < -0.39 is 0 Å². The lowest BCUT2D eigenvalue weighted by atomic mass is 10.1. The Morgan fingerprint density at radius 1 is 1.42 bits per heavy atom. The Hall–Kier alpha value is -1.86. The zero-order valence-electron chi connectivity index (χ0n) is 14.4. The summed E-state index contributed by atoms with van der Waals surface area (Å²) >= 11 is 1.82. The van der Waals surface area contributed by atoms with Gasteiger partial charge in [-0.2, -0.15) is 5.10 Å². The molecule has 3 heterocycles. The van der Waals surface area contributed by atoms with E-state index in [9.17, 15) is 4.79 Å². The molecule has 0 saturated carbocycles. The molecule has 6 nitrogen and oxygen atoms in total.